The zero-order valence-corrected chi connectivity index (χ0v) is 15.5. The Balaban J connectivity index is 2.26. The SMILES string of the molecule is COc1ccc(OC)c(CNC(=O)c2ccc(OC)c(OC)c2OC)c1. The number of rotatable bonds is 8. The first-order chi connectivity index (χ1) is 12.6. The van der Waals surface area contributed by atoms with Crippen LogP contribution in [-0.2, 0) is 6.54 Å². The molecule has 0 aliphatic rings. The zero-order chi connectivity index (χ0) is 19.1. The average molecular weight is 361 g/mol. The molecule has 2 rings (SSSR count). The van der Waals surface area contributed by atoms with Crippen molar-refractivity contribution in [2.75, 3.05) is 35.5 Å². The van der Waals surface area contributed by atoms with Crippen molar-refractivity contribution in [1.29, 1.82) is 0 Å². The van der Waals surface area contributed by atoms with Crippen molar-refractivity contribution in [3.8, 4) is 28.7 Å². The highest BCUT2D eigenvalue weighted by Gasteiger charge is 2.20. The van der Waals surface area contributed by atoms with Crippen LogP contribution in [0.4, 0.5) is 0 Å². The third-order valence-corrected chi connectivity index (χ3v) is 3.88. The predicted octanol–water partition coefficient (Wildman–Crippen LogP) is 2.66. The summed E-state index contributed by atoms with van der Waals surface area (Å²) in [4.78, 5) is 12.7. The normalized spacial score (nSPS) is 10.0. The van der Waals surface area contributed by atoms with E-state index >= 15 is 0 Å². The second-order valence-electron chi connectivity index (χ2n) is 5.24. The molecule has 0 saturated heterocycles. The summed E-state index contributed by atoms with van der Waals surface area (Å²) in [6, 6.07) is 8.67. The maximum atomic E-state index is 12.7. The first kappa shape index (κ1) is 19.2. The maximum absolute atomic E-state index is 12.7. The van der Waals surface area contributed by atoms with Crippen molar-refractivity contribution in [3.63, 3.8) is 0 Å². The van der Waals surface area contributed by atoms with E-state index in [1.54, 1.807) is 38.5 Å². The fourth-order valence-corrected chi connectivity index (χ4v) is 2.57. The molecular weight excluding hydrogens is 338 g/mol. The van der Waals surface area contributed by atoms with Gasteiger partial charge < -0.3 is 29.0 Å². The fourth-order valence-electron chi connectivity index (χ4n) is 2.57. The van der Waals surface area contributed by atoms with Crippen molar-refractivity contribution in [2.45, 2.75) is 6.54 Å². The smallest absolute Gasteiger partial charge is 0.255 e. The van der Waals surface area contributed by atoms with Gasteiger partial charge in [0.25, 0.3) is 5.91 Å². The fraction of sp³-hybridized carbons (Fsp3) is 0.316. The summed E-state index contributed by atoms with van der Waals surface area (Å²) < 4.78 is 26.4. The number of amides is 1. The van der Waals surface area contributed by atoms with E-state index in [9.17, 15) is 4.79 Å². The molecule has 0 aliphatic carbocycles. The number of carbonyl (C=O) groups is 1. The van der Waals surface area contributed by atoms with E-state index in [1.807, 2.05) is 6.07 Å². The van der Waals surface area contributed by atoms with Crippen LogP contribution in [-0.4, -0.2) is 41.5 Å². The number of hydrogen-bond donors (Lipinski definition) is 1. The van der Waals surface area contributed by atoms with Gasteiger partial charge in [-0.1, -0.05) is 0 Å². The lowest BCUT2D eigenvalue weighted by atomic mass is 10.1. The van der Waals surface area contributed by atoms with Gasteiger partial charge in [0.15, 0.2) is 11.5 Å². The topological polar surface area (TPSA) is 75.3 Å². The second kappa shape index (κ2) is 8.84. The number of methoxy groups -OCH3 is 5. The molecule has 2 aromatic rings. The largest absolute Gasteiger partial charge is 0.497 e. The van der Waals surface area contributed by atoms with Crippen LogP contribution in [0.1, 0.15) is 15.9 Å². The van der Waals surface area contributed by atoms with Gasteiger partial charge in [-0.25, -0.2) is 0 Å². The molecule has 0 unspecified atom stereocenters. The van der Waals surface area contributed by atoms with Gasteiger partial charge in [0.2, 0.25) is 5.75 Å². The molecular formula is C19H23NO6. The van der Waals surface area contributed by atoms with E-state index in [-0.39, 0.29) is 12.5 Å². The third kappa shape index (κ3) is 3.93. The quantitative estimate of drug-likeness (QED) is 0.779. The van der Waals surface area contributed by atoms with Crippen molar-refractivity contribution >= 4 is 5.91 Å². The van der Waals surface area contributed by atoms with Crippen molar-refractivity contribution in [1.82, 2.24) is 5.32 Å². The Morgan fingerprint density at radius 1 is 0.808 bits per heavy atom. The monoisotopic (exact) mass is 361 g/mol. The predicted molar refractivity (Wildman–Crippen MR) is 96.8 cm³/mol. The van der Waals surface area contributed by atoms with E-state index in [0.717, 1.165) is 5.56 Å². The van der Waals surface area contributed by atoms with Crippen LogP contribution in [0.2, 0.25) is 0 Å². The van der Waals surface area contributed by atoms with Gasteiger partial charge in [-0.05, 0) is 30.3 Å². The molecule has 0 aromatic heterocycles. The number of carbonyl (C=O) groups excluding carboxylic acids is 1. The Kier molecular flexibility index (Phi) is 6.54. The van der Waals surface area contributed by atoms with E-state index < -0.39 is 0 Å². The Morgan fingerprint density at radius 3 is 2.04 bits per heavy atom. The second-order valence-corrected chi connectivity index (χ2v) is 5.24. The summed E-state index contributed by atoms with van der Waals surface area (Å²) >= 11 is 0. The summed E-state index contributed by atoms with van der Waals surface area (Å²) in [7, 11) is 7.64. The number of nitrogens with one attached hydrogen (secondary N) is 1. The van der Waals surface area contributed by atoms with Crippen LogP contribution in [0.5, 0.6) is 28.7 Å². The highest BCUT2D eigenvalue weighted by molar-refractivity contribution is 5.98. The molecule has 0 spiro atoms. The molecule has 0 atom stereocenters. The van der Waals surface area contributed by atoms with Gasteiger partial charge in [0.05, 0.1) is 41.1 Å². The number of ether oxygens (including phenoxy) is 5. The molecule has 1 amide bonds. The molecule has 0 heterocycles. The average Bonchev–Trinajstić information content (AvgIpc) is 2.70. The van der Waals surface area contributed by atoms with E-state index in [0.29, 0.717) is 34.3 Å². The van der Waals surface area contributed by atoms with Crippen LogP contribution in [0.15, 0.2) is 30.3 Å². The van der Waals surface area contributed by atoms with Crippen molar-refractivity contribution in [2.24, 2.45) is 0 Å². The van der Waals surface area contributed by atoms with Crippen LogP contribution >= 0.6 is 0 Å². The summed E-state index contributed by atoms with van der Waals surface area (Å²) in [5.41, 5.74) is 1.13. The Labute approximate surface area is 152 Å². The highest BCUT2D eigenvalue weighted by atomic mass is 16.5. The summed E-state index contributed by atoms with van der Waals surface area (Å²) in [5.74, 6) is 2.18. The summed E-state index contributed by atoms with van der Waals surface area (Å²) in [6.07, 6.45) is 0. The molecule has 0 fully saturated rings. The molecule has 1 N–H and O–H groups in total. The summed E-state index contributed by atoms with van der Waals surface area (Å²) in [6.45, 7) is 0.261. The minimum absolute atomic E-state index is 0.261. The van der Waals surface area contributed by atoms with Gasteiger partial charge >= 0.3 is 0 Å². The van der Waals surface area contributed by atoms with E-state index in [4.69, 9.17) is 23.7 Å². The van der Waals surface area contributed by atoms with Crippen molar-refractivity contribution in [3.05, 3.63) is 41.5 Å². The first-order valence-corrected chi connectivity index (χ1v) is 7.87. The maximum Gasteiger partial charge on any atom is 0.255 e. The van der Waals surface area contributed by atoms with Crippen LogP contribution < -0.4 is 29.0 Å². The van der Waals surface area contributed by atoms with Crippen LogP contribution in [0.25, 0.3) is 0 Å². The molecule has 0 bridgehead atoms. The van der Waals surface area contributed by atoms with E-state index in [1.165, 1.54) is 21.3 Å². The molecule has 26 heavy (non-hydrogen) atoms. The van der Waals surface area contributed by atoms with Crippen LogP contribution in [0, 0.1) is 0 Å². The molecule has 0 aliphatic heterocycles. The van der Waals surface area contributed by atoms with Gasteiger partial charge in [0.1, 0.15) is 11.5 Å². The lowest BCUT2D eigenvalue weighted by molar-refractivity contribution is 0.0947. The lowest BCUT2D eigenvalue weighted by Crippen LogP contribution is -2.24. The molecule has 7 nitrogen and oxygen atoms in total. The number of hydrogen-bond acceptors (Lipinski definition) is 6. The molecule has 2 aromatic carbocycles. The lowest BCUT2D eigenvalue weighted by Gasteiger charge is -2.16. The molecule has 7 heteroatoms. The van der Waals surface area contributed by atoms with E-state index in [2.05, 4.69) is 5.32 Å². The minimum atomic E-state index is -0.312. The molecule has 0 saturated carbocycles. The molecule has 0 radical (unpaired) electrons. The number of benzene rings is 2. The Bertz CT molecular complexity index is 775. The summed E-state index contributed by atoms with van der Waals surface area (Å²) in [5, 5.41) is 2.85. The first-order valence-electron chi connectivity index (χ1n) is 7.87. The molecule has 140 valence electrons. The van der Waals surface area contributed by atoms with Gasteiger partial charge in [-0.15, -0.1) is 0 Å². The standard InChI is InChI=1S/C19H23NO6/c1-22-13-6-8-15(23-2)12(10-13)11-20-19(21)14-7-9-16(24-3)18(26-5)17(14)25-4/h6-10H,11H2,1-5H3,(H,20,21). The van der Waals surface area contributed by atoms with Gasteiger partial charge in [-0.2, -0.15) is 0 Å². The highest BCUT2D eigenvalue weighted by Crippen LogP contribution is 2.39. The van der Waals surface area contributed by atoms with Crippen LogP contribution in [0.3, 0.4) is 0 Å². The van der Waals surface area contributed by atoms with Gasteiger partial charge in [-0.3, -0.25) is 4.79 Å². The zero-order valence-electron chi connectivity index (χ0n) is 15.5. The van der Waals surface area contributed by atoms with Gasteiger partial charge in [0, 0.05) is 12.1 Å². The minimum Gasteiger partial charge on any atom is -0.497 e. The Morgan fingerprint density at radius 2 is 1.46 bits per heavy atom. The van der Waals surface area contributed by atoms with Crippen molar-refractivity contribution < 1.29 is 28.5 Å². The third-order valence-electron chi connectivity index (χ3n) is 3.88. The Hall–Kier alpha value is -3.09.